The third-order valence-corrected chi connectivity index (χ3v) is 4.29. The van der Waals surface area contributed by atoms with Crippen molar-refractivity contribution in [2.45, 2.75) is 38.9 Å². The van der Waals surface area contributed by atoms with Crippen molar-refractivity contribution in [1.82, 2.24) is 0 Å². The van der Waals surface area contributed by atoms with Crippen LogP contribution in [-0.2, 0) is 4.79 Å². The molecule has 0 amide bonds. The molecule has 1 nitrogen and oxygen atoms in total. The SMILES string of the molecule is CC1CCC(C(=S)C(C)C)C(=O)S1. The first-order chi connectivity index (χ1) is 6.02. The van der Waals surface area contributed by atoms with Gasteiger partial charge in [0.15, 0.2) is 5.12 Å². The lowest BCUT2D eigenvalue weighted by atomic mass is 9.92. The van der Waals surface area contributed by atoms with Gasteiger partial charge in [-0.1, -0.05) is 44.8 Å². The number of rotatable bonds is 2. The third-order valence-electron chi connectivity index (χ3n) is 2.38. The molecule has 1 aliphatic heterocycles. The summed E-state index contributed by atoms with van der Waals surface area (Å²) in [5.74, 6) is 0.411. The van der Waals surface area contributed by atoms with E-state index in [0.717, 1.165) is 17.7 Å². The van der Waals surface area contributed by atoms with Crippen molar-refractivity contribution < 1.29 is 4.79 Å². The van der Waals surface area contributed by atoms with Crippen LogP contribution in [0.5, 0.6) is 0 Å². The molecular formula is C10H16OS2. The quantitative estimate of drug-likeness (QED) is 0.660. The molecule has 2 unspecified atom stereocenters. The van der Waals surface area contributed by atoms with Crippen molar-refractivity contribution in [1.29, 1.82) is 0 Å². The highest BCUT2D eigenvalue weighted by Crippen LogP contribution is 2.32. The monoisotopic (exact) mass is 216 g/mol. The zero-order valence-electron chi connectivity index (χ0n) is 8.37. The second-order valence-corrected chi connectivity index (χ2v) is 5.85. The van der Waals surface area contributed by atoms with Crippen LogP contribution >= 0.6 is 24.0 Å². The lowest BCUT2D eigenvalue weighted by molar-refractivity contribution is -0.113. The predicted octanol–water partition coefficient (Wildman–Crippen LogP) is 3.07. The van der Waals surface area contributed by atoms with E-state index in [-0.39, 0.29) is 11.0 Å². The van der Waals surface area contributed by atoms with Gasteiger partial charge in [0, 0.05) is 10.1 Å². The van der Waals surface area contributed by atoms with Gasteiger partial charge >= 0.3 is 0 Å². The van der Waals surface area contributed by atoms with Gasteiger partial charge in [-0.2, -0.15) is 0 Å². The number of thiocarbonyl (C=S) groups is 1. The van der Waals surface area contributed by atoms with Gasteiger partial charge in [-0.25, -0.2) is 0 Å². The lowest BCUT2D eigenvalue weighted by Gasteiger charge is -2.26. The molecular weight excluding hydrogens is 200 g/mol. The van der Waals surface area contributed by atoms with Crippen molar-refractivity contribution >= 4 is 34.0 Å². The van der Waals surface area contributed by atoms with Gasteiger partial charge in [-0.3, -0.25) is 4.79 Å². The molecule has 1 saturated heterocycles. The van der Waals surface area contributed by atoms with Crippen LogP contribution in [0.15, 0.2) is 0 Å². The highest BCUT2D eigenvalue weighted by molar-refractivity contribution is 8.14. The number of thioether (sulfide) groups is 1. The standard InChI is InChI=1S/C10H16OS2/c1-6(2)9(12)8-5-4-7(3)13-10(8)11/h6-8H,4-5H2,1-3H3. The van der Waals surface area contributed by atoms with Crippen molar-refractivity contribution in [2.24, 2.45) is 11.8 Å². The molecule has 13 heavy (non-hydrogen) atoms. The van der Waals surface area contributed by atoms with Gasteiger partial charge < -0.3 is 0 Å². The second kappa shape index (κ2) is 4.56. The van der Waals surface area contributed by atoms with E-state index in [0.29, 0.717) is 11.2 Å². The Balaban J connectivity index is 2.61. The molecule has 0 aromatic heterocycles. The van der Waals surface area contributed by atoms with Crippen molar-refractivity contribution in [3.8, 4) is 0 Å². The van der Waals surface area contributed by atoms with Crippen LogP contribution in [0.1, 0.15) is 33.6 Å². The van der Waals surface area contributed by atoms with Crippen molar-refractivity contribution in [3.63, 3.8) is 0 Å². The zero-order chi connectivity index (χ0) is 10.0. The molecule has 1 aliphatic rings. The van der Waals surface area contributed by atoms with Gasteiger partial charge in [0.1, 0.15) is 0 Å². The molecule has 0 spiro atoms. The molecule has 1 heterocycles. The molecule has 74 valence electrons. The van der Waals surface area contributed by atoms with E-state index in [1.54, 1.807) is 0 Å². The fourth-order valence-corrected chi connectivity index (χ4v) is 2.88. The van der Waals surface area contributed by atoms with Gasteiger partial charge in [0.05, 0.1) is 5.92 Å². The normalized spacial score (nSPS) is 29.4. The maximum absolute atomic E-state index is 11.6. The van der Waals surface area contributed by atoms with Crippen molar-refractivity contribution in [2.75, 3.05) is 0 Å². The second-order valence-electron chi connectivity index (χ2n) is 3.93. The minimum Gasteiger partial charge on any atom is -0.286 e. The smallest absolute Gasteiger partial charge is 0.197 e. The molecule has 3 heteroatoms. The fraction of sp³-hybridized carbons (Fsp3) is 0.800. The summed E-state index contributed by atoms with van der Waals surface area (Å²) >= 11 is 6.75. The first-order valence-electron chi connectivity index (χ1n) is 4.76. The fourth-order valence-electron chi connectivity index (χ4n) is 1.52. The average Bonchev–Trinajstić information content (AvgIpc) is 2.03. The number of hydrogen-bond acceptors (Lipinski definition) is 3. The Bertz CT molecular complexity index is 223. The molecule has 1 rings (SSSR count). The van der Waals surface area contributed by atoms with E-state index < -0.39 is 0 Å². The molecule has 0 aliphatic carbocycles. The molecule has 0 N–H and O–H groups in total. The van der Waals surface area contributed by atoms with Crippen LogP contribution < -0.4 is 0 Å². The Kier molecular flexibility index (Phi) is 3.92. The molecule has 2 atom stereocenters. The first-order valence-corrected chi connectivity index (χ1v) is 6.05. The molecule has 0 aromatic rings. The van der Waals surface area contributed by atoms with Gasteiger partial charge in [0.2, 0.25) is 0 Å². The van der Waals surface area contributed by atoms with Gasteiger partial charge in [-0.05, 0) is 18.8 Å². The lowest BCUT2D eigenvalue weighted by Crippen LogP contribution is -2.29. The van der Waals surface area contributed by atoms with Crippen LogP contribution in [0, 0.1) is 11.8 Å². The highest BCUT2D eigenvalue weighted by Gasteiger charge is 2.30. The van der Waals surface area contributed by atoms with Crippen LogP contribution in [0.3, 0.4) is 0 Å². The van der Waals surface area contributed by atoms with Crippen molar-refractivity contribution in [3.05, 3.63) is 0 Å². The number of carbonyl (C=O) groups is 1. The largest absolute Gasteiger partial charge is 0.286 e. The minimum atomic E-state index is 0.0520. The van der Waals surface area contributed by atoms with Crippen LogP contribution in [0.2, 0.25) is 0 Å². The minimum absolute atomic E-state index is 0.0520. The highest BCUT2D eigenvalue weighted by atomic mass is 32.2. The average molecular weight is 216 g/mol. The van der Waals surface area contributed by atoms with Gasteiger partial charge in [-0.15, -0.1) is 0 Å². The van der Waals surface area contributed by atoms with E-state index in [1.165, 1.54) is 11.8 Å². The molecule has 0 radical (unpaired) electrons. The van der Waals surface area contributed by atoms with E-state index >= 15 is 0 Å². The maximum atomic E-state index is 11.6. The topological polar surface area (TPSA) is 17.1 Å². The molecule has 1 fully saturated rings. The third kappa shape index (κ3) is 2.78. The summed E-state index contributed by atoms with van der Waals surface area (Å²) in [7, 11) is 0. The Morgan fingerprint density at radius 2 is 2.15 bits per heavy atom. The predicted molar refractivity (Wildman–Crippen MR) is 62.2 cm³/mol. The Morgan fingerprint density at radius 1 is 1.54 bits per heavy atom. The Morgan fingerprint density at radius 3 is 2.62 bits per heavy atom. The number of hydrogen-bond donors (Lipinski definition) is 0. The van der Waals surface area contributed by atoms with E-state index in [2.05, 4.69) is 20.8 Å². The molecule has 0 saturated carbocycles. The van der Waals surface area contributed by atoms with Crippen LogP contribution in [0.4, 0.5) is 0 Å². The zero-order valence-corrected chi connectivity index (χ0v) is 10.0. The van der Waals surface area contributed by atoms with E-state index in [9.17, 15) is 4.79 Å². The van der Waals surface area contributed by atoms with E-state index in [1.807, 2.05) is 0 Å². The summed E-state index contributed by atoms with van der Waals surface area (Å²) in [5.41, 5.74) is 0. The first kappa shape index (κ1) is 11.2. The summed E-state index contributed by atoms with van der Waals surface area (Å²) in [5, 5.41) is 0.774. The summed E-state index contributed by atoms with van der Waals surface area (Å²) < 4.78 is 0. The molecule has 0 aromatic carbocycles. The molecule has 0 bridgehead atoms. The summed E-state index contributed by atoms with van der Waals surface area (Å²) in [6.45, 7) is 6.24. The maximum Gasteiger partial charge on any atom is 0.197 e. The van der Waals surface area contributed by atoms with E-state index in [4.69, 9.17) is 12.2 Å². The van der Waals surface area contributed by atoms with Gasteiger partial charge in [0.25, 0.3) is 0 Å². The summed E-state index contributed by atoms with van der Waals surface area (Å²) in [6, 6.07) is 0. The summed E-state index contributed by atoms with van der Waals surface area (Å²) in [6.07, 6.45) is 2.08. The van der Waals surface area contributed by atoms with Crippen LogP contribution in [0.25, 0.3) is 0 Å². The number of carbonyl (C=O) groups excluding carboxylic acids is 1. The Labute approximate surface area is 89.7 Å². The summed E-state index contributed by atoms with van der Waals surface area (Å²) in [4.78, 5) is 12.6. The van der Waals surface area contributed by atoms with Crippen LogP contribution in [-0.4, -0.2) is 15.2 Å². The Hall–Kier alpha value is 0.110.